The summed E-state index contributed by atoms with van der Waals surface area (Å²) in [7, 11) is -4.22. The van der Waals surface area contributed by atoms with Gasteiger partial charge in [-0.25, -0.2) is 8.42 Å². The van der Waals surface area contributed by atoms with E-state index in [9.17, 15) is 18.0 Å². The summed E-state index contributed by atoms with van der Waals surface area (Å²) < 4.78 is 30.5. The Kier molecular flexibility index (Phi) is 12.1. The number of rotatable bonds is 13. The van der Waals surface area contributed by atoms with Gasteiger partial charge in [-0.05, 0) is 80.3 Å². The highest BCUT2D eigenvalue weighted by atomic mass is 79.9. The maximum Gasteiger partial charge on any atom is 0.264 e. The molecule has 4 aromatic rings. The van der Waals surface area contributed by atoms with E-state index in [0.717, 1.165) is 25.5 Å². The topological polar surface area (TPSA) is 86.8 Å². The van der Waals surface area contributed by atoms with E-state index >= 15 is 0 Å². The minimum atomic E-state index is -4.22. The second-order valence-electron chi connectivity index (χ2n) is 11.4. The lowest BCUT2D eigenvalue weighted by molar-refractivity contribution is -0.140. The van der Waals surface area contributed by atoms with E-state index < -0.39 is 28.5 Å². The fourth-order valence-electron chi connectivity index (χ4n) is 5.00. The molecule has 46 heavy (non-hydrogen) atoms. The Bertz CT molecular complexity index is 1750. The third-order valence-corrected chi connectivity index (χ3v) is 10.6. The maximum atomic E-state index is 14.6. The quantitative estimate of drug-likeness (QED) is 0.155. The van der Waals surface area contributed by atoms with Gasteiger partial charge in [-0.15, -0.1) is 0 Å². The zero-order valence-electron chi connectivity index (χ0n) is 26.4. The van der Waals surface area contributed by atoms with Crippen molar-refractivity contribution in [1.82, 2.24) is 10.2 Å². The molecule has 0 fully saturated rings. The highest BCUT2D eigenvalue weighted by Crippen LogP contribution is 2.31. The number of aryl methyl sites for hydroxylation is 1. The molecule has 0 aliphatic rings. The first-order valence-electron chi connectivity index (χ1n) is 15.1. The van der Waals surface area contributed by atoms with Gasteiger partial charge in [0.2, 0.25) is 11.8 Å². The molecule has 0 heterocycles. The Balaban J connectivity index is 1.83. The lowest BCUT2D eigenvalue weighted by atomic mass is 10.0. The van der Waals surface area contributed by atoms with E-state index in [1.807, 2.05) is 75.4 Å². The Morgan fingerprint density at radius 3 is 2.15 bits per heavy atom. The van der Waals surface area contributed by atoms with Gasteiger partial charge in [-0.1, -0.05) is 101 Å². The molecule has 10 heteroatoms. The third kappa shape index (κ3) is 8.78. The van der Waals surface area contributed by atoms with Crippen molar-refractivity contribution < 1.29 is 18.0 Å². The smallest absolute Gasteiger partial charge is 0.264 e. The first kappa shape index (κ1) is 35.2. The molecule has 7 nitrogen and oxygen atoms in total. The van der Waals surface area contributed by atoms with Crippen molar-refractivity contribution in [3.63, 3.8) is 0 Å². The van der Waals surface area contributed by atoms with Gasteiger partial charge in [0, 0.05) is 28.5 Å². The fraction of sp³-hybridized carbons (Fsp3) is 0.278. The molecule has 0 unspecified atom stereocenters. The molecule has 0 radical (unpaired) electrons. The van der Waals surface area contributed by atoms with Crippen LogP contribution in [-0.4, -0.2) is 43.8 Å². The van der Waals surface area contributed by atoms with Crippen LogP contribution in [0, 0.1) is 13.8 Å². The summed E-state index contributed by atoms with van der Waals surface area (Å²) in [5.74, 6) is -0.839. The zero-order chi connectivity index (χ0) is 33.4. The van der Waals surface area contributed by atoms with Crippen molar-refractivity contribution in [2.75, 3.05) is 10.8 Å². The summed E-state index contributed by atoms with van der Waals surface area (Å²) in [4.78, 5) is 30.1. The summed E-state index contributed by atoms with van der Waals surface area (Å²) in [6.45, 7) is 7.02. The van der Waals surface area contributed by atoms with Gasteiger partial charge in [0.1, 0.15) is 12.6 Å². The van der Waals surface area contributed by atoms with Crippen LogP contribution < -0.4 is 9.62 Å². The van der Waals surface area contributed by atoms with Crippen LogP contribution in [0.15, 0.2) is 106 Å². The first-order valence-corrected chi connectivity index (χ1v) is 17.7. The van der Waals surface area contributed by atoms with E-state index in [2.05, 4.69) is 21.2 Å². The Labute approximate surface area is 285 Å². The molecule has 4 aromatic carbocycles. The molecular formula is C36H39BrClN3O4S. The number of sulfonamides is 1. The molecule has 0 saturated heterocycles. The second kappa shape index (κ2) is 15.8. The molecule has 0 spiro atoms. The summed E-state index contributed by atoms with van der Waals surface area (Å²) in [5.41, 5.74) is 3.36. The number of carbonyl (C=O) groups excluding carboxylic acids is 2. The number of hydrogen-bond acceptors (Lipinski definition) is 4. The molecule has 0 bridgehead atoms. The molecule has 4 rings (SSSR count). The van der Waals surface area contributed by atoms with E-state index in [-0.39, 0.29) is 35.5 Å². The number of halogens is 2. The molecule has 0 aliphatic carbocycles. The Morgan fingerprint density at radius 1 is 0.870 bits per heavy atom. The molecule has 2 amide bonds. The lowest BCUT2D eigenvalue weighted by Gasteiger charge is -2.34. The molecule has 2 atom stereocenters. The normalized spacial score (nSPS) is 12.7. The Morgan fingerprint density at radius 2 is 1.52 bits per heavy atom. The van der Waals surface area contributed by atoms with Gasteiger partial charge >= 0.3 is 0 Å². The molecule has 1 N–H and O–H groups in total. The minimum absolute atomic E-state index is 0.0417. The number of nitrogens with zero attached hydrogens (tertiary/aromatic N) is 2. The molecule has 0 aliphatic heterocycles. The Hall–Kier alpha value is -3.66. The first-order chi connectivity index (χ1) is 21.9. The lowest BCUT2D eigenvalue weighted by Crippen LogP contribution is -2.54. The van der Waals surface area contributed by atoms with Crippen LogP contribution in [0.2, 0.25) is 5.02 Å². The van der Waals surface area contributed by atoms with Crippen LogP contribution in [0.5, 0.6) is 0 Å². The van der Waals surface area contributed by atoms with Crippen LogP contribution >= 0.6 is 27.5 Å². The summed E-state index contributed by atoms with van der Waals surface area (Å²) in [5, 5.41) is 3.42. The maximum absolute atomic E-state index is 14.6. The van der Waals surface area contributed by atoms with Crippen LogP contribution in [0.1, 0.15) is 42.5 Å². The molecule has 0 saturated carbocycles. The number of carbonyl (C=O) groups is 2. The number of anilines is 1. The van der Waals surface area contributed by atoms with Crippen molar-refractivity contribution in [2.45, 2.75) is 64.1 Å². The minimum Gasteiger partial charge on any atom is -0.352 e. The molecule has 0 aromatic heterocycles. The second-order valence-corrected chi connectivity index (χ2v) is 14.6. The van der Waals surface area contributed by atoms with Gasteiger partial charge in [0.05, 0.1) is 10.6 Å². The van der Waals surface area contributed by atoms with Crippen molar-refractivity contribution in [3.8, 4) is 0 Å². The highest BCUT2D eigenvalue weighted by Gasteiger charge is 2.35. The van der Waals surface area contributed by atoms with Gasteiger partial charge in [-0.3, -0.25) is 13.9 Å². The van der Waals surface area contributed by atoms with Crippen LogP contribution in [-0.2, 0) is 32.6 Å². The zero-order valence-corrected chi connectivity index (χ0v) is 29.6. The molecular weight excluding hydrogens is 686 g/mol. The number of amides is 2. The van der Waals surface area contributed by atoms with Crippen LogP contribution in [0.3, 0.4) is 0 Å². The summed E-state index contributed by atoms with van der Waals surface area (Å²) in [6.07, 6.45) is 0.952. The largest absolute Gasteiger partial charge is 0.352 e. The van der Waals surface area contributed by atoms with Gasteiger partial charge < -0.3 is 10.2 Å². The SMILES string of the molecule is CC[C@@H](C)NC(=O)[C@H](Cc1ccccc1)N(Cc1ccc(Br)cc1)C(=O)CN(c1cccc(Cl)c1C)S(=O)(=O)c1ccc(C)cc1. The third-order valence-electron chi connectivity index (χ3n) is 7.93. The van der Waals surface area contributed by atoms with Crippen molar-refractivity contribution in [1.29, 1.82) is 0 Å². The van der Waals surface area contributed by atoms with E-state index in [0.29, 0.717) is 17.0 Å². The van der Waals surface area contributed by atoms with E-state index in [1.54, 1.807) is 37.3 Å². The average molecular weight is 725 g/mol. The summed E-state index contributed by atoms with van der Waals surface area (Å²) in [6, 6.07) is 27.4. The highest BCUT2D eigenvalue weighted by molar-refractivity contribution is 9.10. The predicted octanol–water partition coefficient (Wildman–Crippen LogP) is 7.47. The average Bonchev–Trinajstić information content (AvgIpc) is 3.04. The van der Waals surface area contributed by atoms with Crippen molar-refractivity contribution >= 4 is 55.1 Å². The van der Waals surface area contributed by atoms with E-state index in [1.165, 1.54) is 17.0 Å². The summed E-state index contributed by atoms with van der Waals surface area (Å²) >= 11 is 9.93. The van der Waals surface area contributed by atoms with Crippen molar-refractivity contribution in [2.24, 2.45) is 0 Å². The predicted molar refractivity (Wildman–Crippen MR) is 188 cm³/mol. The number of nitrogens with one attached hydrogen (secondary N) is 1. The van der Waals surface area contributed by atoms with Crippen LogP contribution in [0.25, 0.3) is 0 Å². The van der Waals surface area contributed by atoms with Gasteiger partial charge in [-0.2, -0.15) is 0 Å². The van der Waals surface area contributed by atoms with Crippen molar-refractivity contribution in [3.05, 3.63) is 129 Å². The monoisotopic (exact) mass is 723 g/mol. The fourth-order valence-corrected chi connectivity index (χ4v) is 6.90. The number of benzene rings is 4. The molecule has 242 valence electrons. The van der Waals surface area contributed by atoms with Crippen LogP contribution in [0.4, 0.5) is 5.69 Å². The number of hydrogen-bond donors (Lipinski definition) is 1. The van der Waals surface area contributed by atoms with E-state index in [4.69, 9.17) is 11.6 Å². The standard InChI is InChI=1S/C36H39BrClN3O4S/c1-5-26(3)39-36(43)34(22-28-10-7-6-8-11-28)40(23-29-16-18-30(37)19-17-29)35(42)24-41(33-13-9-12-32(38)27(33)4)46(44,45)31-20-14-25(2)15-21-31/h6-21,26,34H,5,22-24H2,1-4H3,(H,39,43)/t26-,34+/m1/s1. The van der Waals surface area contributed by atoms with Gasteiger partial charge in [0.15, 0.2) is 0 Å². The van der Waals surface area contributed by atoms with Gasteiger partial charge in [0.25, 0.3) is 10.0 Å².